The molecule has 2 atom stereocenters. The number of ether oxygens (including phenoxy) is 2. The molecule has 0 aliphatic rings. The first-order valence-electron chi connectivity index (χ1n) is 8.68. The van der Waals surface area contributed by atoms with Crippen molar-refractivity contribution < 1.29 is 19.1 Å². The van der Waals surface area contributed by atoms with Gasteiger partial charge in [-0.1, -0.05) is 0 Å². The standard InChI is InChI=1S/C17H34N4O4S/c1-11(20-14(22)24-16(3,4)5)9-18-13(26)19-10-12(2)21-15(23)25-17(6,7)8/h11-12H,9-10H2,1-8H3,(H,20,22)(H,21,23)(H2,18,19,26). The Balaban J connectivity index is 4.01. The first-order chi connectivity index (χ1) is 11.7. The van der Waals surface area contributed by atoms with Crippen molar-refractivity contribution in [3.63, 3.8) is 0 Å². The third kappa shape index (κ3) is 14.6. The SMILES string of the molecule is CC(CNC(=S)NCC(C)NC(=O)OC(C)(C)C)NC(=O)OC(C)(C)C. The molecule has 0 aromatic carbocycles. The van der Waals surface area contributed by atoms with Crippen LogP contribution in [0.4, 0.5) is 9.59 Å². The molecule has 2 unspecified atom stereocenters. The number of amides is 2. The lowest BCUT2D eigenvalue weighted by molar-refractivity contribution is 0.0498. The molecule has 0 rings (SSSR count). The van der Waals surface area contributed by atoms with Gasteiger partial charge in [-0.3, -0.25) is 0 Å². The number of nitrogens with one attached hydrogen (secondary N) is 4. The Labute approximate surface area is 162 Å². The third-order valence-electron chi connectivity index (χ3n) is 2.66. The minimum Gasteiger partial charge on any atom is -0.444 e. The Morgan fingerprint density at radius 3 is 1.38 bits per heavy atom. The van der Waals surface area contributed by atoms with Crippen LogP contribution in [0.5, 0.6) is 0 Å². The van der Waals surface area contributed by atoms with Crippen LogP contribution in [0.25, 0.3) is 0 Å². The second-order valence-corrected chi connectivity index (χ2v) is 8.59. The zero-order valence-electron chi connectivity index (χ0n) is 17.1. The number of alkyl carbamates (subject to hydrolysis) is 2. The second-order valence-electron chi connectivity index (χ2n) is 8.19. The largest absolute Gasteiger partial charge is 0.444 e. The van der Waals surface area contributed by atoms with Crippen LogP contribution < -0.4 is 21.3 Å². The Hall–Kier alpha value is -1.77. The minimum atomic E-state index is -0.536. The van der Waals surface area contributed by atoms with Crippen molar-refractivity contribution in [2.75, 3.05) is 13.1 Å². The number of carbonyl (C=O) groups is 2. The number of rotatable bonds is 6. The van der Waals surface area contributed by atoms with Crippen molar-refractivity contribution in [1.29, 1.82) is 0 Å². The van der Waals surface area contributed by atoms with Crippen molar-refractivity contribution in [2.24, 2.45) is 0 Å². The van der Waals surface area contributed by atoms with Gasteiger partial charge in [0.2, 0.25) is 0 Å². The maximum atomic E-state index is 11.7. The van der Waals surface area contributed by atoms with Gasteiger partial charge in [0, 0.05) is 25.2 Å². The van der Waals surface area contributed by atoms with Crippen LogP contribution in [0, 0.1) is 0 Å². The number of carbonyl (C=O) groups excluding carboxylic acids is 2. The van der Waals surface area contributed by atoms with Gasteiger partial charge < -0.3 is 30.7 Å². The molecule has 0 spiro atoms. The third-order valence-corrected chi connectivity index (χ3v) is 2.95. The van der Waals surface area contributed by atoms with E-state index in [-0.39, 0.29) is 12.1 Å². The fourth-order valence-corrected chi connectivity index (χ4v) is 1.84. The molecule has 0 heterocycles. The molecular weight excluding hydrogens is 356 g/mol. The highest BCUT2D eigenvalue weighted by Gasteiger charge is 2.19. The van der Waals surface area contributed by atoms with Crippen LogP contribution in [0.3, 0.4) is 0 Å². The molecule has 0 saturated heterocycles. The van der Waals surface area contributed by atoms with Gasteiger partial charge in [0.15, 0.2) is 5.11 Å². The summed E-state index contributed by atoms with van der Waals surface area (Å²) in [6.07, 6.45) is -0.943. The molecule has 0 aliphatic carbocycles. The van der Waals surface area contributed by atoms with Crippen molar-refractivity contribution in [1.82, 2.24) is 21.3 Å². The summed E-state index contributed by atoms with van der Waals surface area (Å²) >= 11 is 5.18. The first-order valence-corrected chi connectivity index (χ1v) is 9.09. The van der Waals surface area contributed by atoms with Crippen LogP contribution in [-0.2, 0) is 9.47 Å². The van der Waals surface area contributed by atoms with E-state index >= 15 is 0 Å². The average Bonchev–Trinajstić information content (AvgIpc) is 2.38. The van der Waals surface area contributed by atoms with E-state index < -0.39 is 23.4 Å². The van der Waals surface area contributed by atoms with E-state index in [0.717, 1.165) is 0 Å². The van der Waals surface area contributed by atoms with Crippen molar-refractivity contribution >= 4 is 29.5 Å². The van der Waals surface area contributed by atoms with Crippen LogP contribution >= 0.6 is 12.2 Å². The monoisotopic (exact) mass is 390 g/mol. The molecule has 2 amide bonds. The Kier molecular flexibility index (Phi) is 9.69. The van der Waals surface area contributed by atoms with E-state index in [4.69, 9.17) is 21.7 Å². The summed E-state index contributed by atoms with van der Waals surface area (Å²) in [5, 5.41) is 11.9. The highest BCUT2D eigenvalue weighted by atomic mass is 32.1. The summed E-state index contributed by atoms with van der Waals surface area (Å²) in [4.78, 5) is 23.3. The van der Waals surface area contributed by atoms with Crippen LogP contribution in [-0.4, -0.2) is 53.7 Å². The highest BCUT2D eigenvalue weighted by Crippen LogP contribution is 2.07. The van der Waals surface area contributed by atoms with Gasteiger partial charge in [-0.2, -0.15) is 0 Å². The molecule has 8 nitrogen and oxygen atoms in total. The maximum Gasteiger partial charge on any atom is 0.407 e. The van der Waals surface area contributed by atoms with Crippen LogP contribution in [0.1, 0.15) is 55.4 Å². The number of thiocarbonyl (C=S) groups is 1. The lowest BCUT2D eigenvalue weighted by Crippen LogP contribution is -2.49. The van der Waals surface area contributed by atoms with Gasteiger partial charge in [-0.05, 0) is 67.6 Å². The summed E-state index contributed by atoms with van der Waals surface area (Å²) in [5.41, 5.74) is -1.07. The molecule has 4 N–H and O–H groups in total. The molecular formula is C17H34N4O4S. The number of hydrogen-bond acceptors (Lipinski definition) is 5. The molecule has 0 saturated carbocycles. The van der Waals surface area contributed by atoms with Gasteiger partial charge in [0.1, 0.15) is 11.2 Å². The molecule has 0 bridgehead atoms. The first kappa shape index (κ1) is 24.2. The predicted octanol–water partition coefficient (Wildman–Crippen LogP) is 2.28. The van der Waals surface area contributed by atoms with Gasteiger partial charge >= 0.3 is 12.2 Å². The molecule has 0 aromatic rings. The van der Waals surface area contributed by atoms with Crippen molar-refractivity contribution in [3.05, 3.63) is 0 Å². The van der Waals surface area contributed by atoms with Gasteiger partial charge in [-0.25, -0.2) is 9.59 Å². The van der Waals surface area contributed by atoms with Crippen molar-refractivity contribution in [2.45, 2.75) is 78.7 Å². The Morgan fingerprint density at radius 2 is 1.12 bits per heavy atom. The van der Waals surface area contributed by atoms with E-state index in [2.05, 4.69) is 21.3 Å². The molecule has 152 valence electrons. The predicted molar refractivity (Wildman–Crippen MR) is 106 cm³/mol. The molecule has 26 heavy (non-hydrogen) atoms. The van der Waals surface area contributed by atoms with Crippen molar-refractivity contribution in [3.8, 4) is 0 Å². The molecule has 0 fully saturated rings. The van der Waals surface area contributed by atoms with Gasteiger partial charge in [0.25, 0.3) is 0 Å². The average molecular weight is 391 g/mol. The van der Waals surface area contributed by atoms with Gasteiger partial charge in [0.05, 0.1) is 0 Å². The lowest BCUT2D eigenvalue weighted by atomic mass is 10.2. The second kappa shape index (κ2) is 10.4. The van der Waals surface area contributed by atoms with Crippen LogP contribution in [0.15, 0.2) is 0 Å². The summed E-state index contributed by atoms with van der Waals surface area (Å²) in [6, 6.07) is -0.330. The van der Waals surface area contributed by atoms with E-state index in [1.165, 1.54) is 0 Å². The minimum absolute atomic E-state index is 0.165. The quantitative estimate of drug-likeness (QED) is 0.516. The van der Waals surface area contributed by atoms with E-state index in [1.807, 2.05) is 13.8 Å². The Bertz CT molecular complexity index is 444. The molecule has 9 heteroatoms. The zero-order chi connectivity index (χ0) is 20.5. The fraction of sp³-hybridized carbons (Fsp3) is 0.824. The highest BCUT2D eigenvalue weighted by molar-refractivity contribution is 7.80. The van der Waals surface area contributed by atoms with Gasteiger partial charge in [-0.15, -0.1) is 0 Å². The zero-order valence-corrected chi connectivity index (χ0v) is 17.9. The summed E-state index contributed by atoms with van der Waals surface area (Å²) in [6.45, 7) is 15.4. The van der Waals surface area contributed by atoms with Crippen LogP contribution in [0.2, 0.25) is 0 Å². The maximum absolute atomic E-state index is 11.7. The molecule has 0 radical (unpaired) electrons. The summed E-state index contributed by atoms with van der Waals surface area (Å²) in [5.74, 6) is 0. The summed E-state index contributed by atoms with van der Waals surface area (Å²) in [7, 11) is 0. The fourth-order valence-electron chi connectivity index (χ4n) is 1.67. The molecule has 0 aliphatic heterocycles. The van der Waals surface area contributed by atoms with E-state index in [1.54, 1.807) is 41.5 Å². The normalized spacial score (nSPS) is 13.8. The van der Waals surface area contributed by atoms with E-state index in [9.17, 15) is 9.59 Å². The van der Waals surface area contributed by atoms with E-state index in [0.29, 0.717) is 18.2 Å². The topological polar surface area (TPSA) is 101 Å². The Morgan fingerprint density at radius 1 is 0.808 bits per heavy atom. The lowest BCUT2D eigenvalue weighted by Gasteiger charge is -2.23. The number of hydrogen-bond donors (Lipinski definition) is 4. The smallest absolute Gasteiger partial charge is 0.407 e. The molecule has 0 aromatic heterocycles. The summed E-state index contributed by atoms with van der Waals surface area (Å²) < 4.78 is 10.4.